The predicted molar refractivity (Wildman–Crippen MR) is 54.5 cm³/mol. The molecule has 0 saturated heterocycles. The van der Waals surface area contributed by atoms with Gasteiger partial charge in [0, 0.05) is 12.1 Å². The van der Waals surface area contributed by atoms with E-state index in [0.29, 0.717) is 0 Å². The molecule has 0 N–H and O–H groups in total. The number of nitro groups is 1. The van der Waals surface area contributed by atoms with Crippen LogP contribution in [0.15, 0.2) is 36.9 Å². The van der Waals surface area contributed by atoms with Crippen LogP contribution < -0.4 is 4.74 Å². The molecule has 0 atom stereocenters. The molecule has 2 aromatic rings. The molecule has 1 aromatic carbocycles. The van der Waals surface area contributed by atoms with Crippen LogP contribution in [0.2, 0.25) is 0 Å². The second kappa shape index (κ2) is 4.39. The normalized spacial score (nSPS) is 9.88. The lowest BCUT2D eigenvalue weighted by molar-refractivity contribution is -0.384. The van der Waals surface area contributed by atoms with E-state index >= 15 is 0 Å². The van der Waals surface area contributed by atoms with Crippen LogP contribution in [0.25, 0.3) is 0 Å². The fourth-order valence-electron chi connectivity index (χ4n) is 1.09. The van der Waals surface area contributed by atoms with Gasteiger partial charge in [0.2, 0.25) is 0 Å². The lowest BCUT2D eigenvalue weighted by Crippen LogP contribution is -2.17. The minimum Gasteiger partial charge on any atom is -0.409 e. The van der Waals surface area contributed by atoms with E-state index in [0.717, 1.165) is 4.68 Å². The van der Waals surface area contributed by atoms with E-state index in [1.165, 1.54) is 36.9 Å². The van der Waals surface area contributed by atoms with E-state index in [9.17, 15) is 14.9 Å². The lowest BCUT2D eigenvalue weighted by Gasteiger charge is -2.02. The Labute approximate surface area is 94.6 Å². The molecule has 1 heterocycles. The molecule has 0 aliphatic heterocycles. The molecule has 2 rings (SSSR count). The number of nitrogens with zero attached hydrogens (tertiary/aromatic N) is 4. The molecule has 0 radical (unpaired) electrons. The molecular weight excluding hydrogens is 228 g/mol. The average Bonchev–Trinajstić information content (AvgIpc) is 2.83. The van der Waals surface area contributed by atoms with Gasteiger partial charge in [0.05, 0.1) is 4.92 Å². The zero-order chi connectivity index (χ0) is 12.3. The van der Waals surface area contributed by atoms with E-state index in [-0.39, 0.29) is 11.4 Å². The lowest BCUT2D eigenvalue weighted by atomic mass is 10.3. The largest absolute Gasteiger partial charge is 0.441 e. The van der Waals surface area contributed by atoms with Crippen molar-refractivity contribution in [2.45, 2.75) is 0 Å². The molecular formula is C9H6N4O4. The third-order valence-electron chi connectivity index (χ3n) is 1.86. The molecule has 0 aliphatic rings. The number of aromatic nitrogens is 3. The molecule has 0 aliphatic carbocycles. The van der Waals surface area contributed by atoms with E-state index in [1.807, 2.05) is 0 Å². The van der Waals surface area contributed by atoms with E-state index in [1.54, 1.807) is 0 Å². The van der Waals surface area contributed by atoms with E-state index in [4.69, 9.17) is 4.74 Å². The summed E-state index contributed by atoms with van der Waals surface area (Å²) in [6.07, 6.45) is 1.64. The number of rotatable bonds is 2. The van der Waals surface area contributed by atoms with Gasteiger partial charge < -0.3 is 4.74 Å². The minimum atomic E-state index is -0.739. The van der Waals surface area contributed by atoms with Gasteiger partial charge in [0.25, 0.3) is 5.69 Å². The standard InChI is InChI=1S/C9H6N4O4/c14-9(12-6-10-5-11-12)17-8-3-1-7(2-4-8)13(15)16/h1-6H. The maximum Gasteiger partial charge on any atom is 0.441 e. The Bertz CT molecular complexity index is 535. The first-order valence-electron chi connectivity index (χ1n) is 4.48. The molecule has 8 nitrogen and oxygen atoms in total. The Balaban J connectivity index is 2.09. The molecule has 0 amide bonds. The van der Waals surface area contributed by atoms with Crippen molar-refractivity contribution in [3.63, 3.8) is 0 Å². The fourth-order valence-corrected chi connectivity index (χ4v) is 1.09. The summed E-state index contributed by atoms with van der Waals surface area (Å²) in [4.78, 5) is 24.8. The third kappa shape index (κ3) is 2.43. The van der Waals surface area contributed by atoms with Crippen LogP contribution in [0.5, 0.6) is 5.75 Å². The van der Waals surface area contributed by atoms with Gasteiger partial charge >= 0.3 is 6.09 Å². The highest BCUT2D eigenvalue weighted by Gasteiger charge is 2.09. The quantitative estimate of drug-likeness (QED) is 0.572. The maximum atomic E-state index is 11.4. The van der Waals surface area contributed by atoms with Gasteiger partial charge in [0.1, 0.15) is 18.4 Å². The second-order valence-corrected chi connectivity index (χ2v) is 2.96. The van der Waals surface area contributed by atoms with Gasteiger partial charge in [-0.3, -0.25) is 10.1 Å². The summed E-state index contributed by atoms with van der Waals surface area (Å²) in [5.74, 6) is 0.191. The smallest absolute Gasteiger partial charge is 0.409 e. The summed E-state index contributed by atoms with van der Waals surface area (Å²) in [7, 11) is 0. The second-order valence-electron chi connectivity index (χ2n) is 2.96. The number of carbonyl (C=O) groups is 1. The van der Waals surface area contributed by atoms with Gasteiger partial charge in [-0.1, -0.05) is 0 Å². The first kappa shape index (κ1) is 10.7. The summed E-state index contributed by atoms with van der Waals surface area (Å²) in [5.41, 5.74) is -0.0782. The summed E-state index contributed by atoms with van der Waals surface area (Å²) >= 11 is 0. The van der Waals surface area contributed by atoms with Gasteiger partial charge in [-0.2, -0.15) is 4.68 Å². The zero-order valence-corrected chi connectivity index (χ0v) is 8.39. The van der Waals surface area contributed by atoms with E-state index in [2.05, 4.69) is 10.1 Å². The summed E-state index contributed by atoms with van der Waals surface area (Å²) in [5, 5.41) is 14.0. The van der Waals surface area contributed by atoms with Gasteiger partial charge in [0.15, 0.2) is 0 Å². The molecule has 0 fully saturated rings. The number of non-ortho nitro benzene ring substituents is 1. The van der Waals surface area contributed by atoms with Crippen molar-refractivity contribution in [2.75, 3.05) is 0 Å². The Morgan fingerprint density at radius 2 is 2.06 bits per heavy atom. The monoisotopic (exact) mass is 234 g/mol. The van der Waals surface area contributed by atoms with Crippen molar-refractivity contribution in [3.05, 3.63) is 47.0 Å². The van der Waals surface area contributed by atoms with E-state index < -0.39 is 11.0 Å². The van der Waals surface area contributed by atoms with Crippen molar-refractivity contribution in [1.82, 2.24) is 14.8 Å². The van der Waals surface area contributed by atoms with Crippen LogP contribution in [-0.4, -0.2) is 25.8 Å². The topological polar surface area (TPSA) is 100 Å². The molecule has 1 aromatic heterocycles. The molecule has 8 heteroatoms. The third-order valence-corrected chi connectivity index (χ3v) is 1.86. The molecule has 86 valence electrons. The van der Waals surface area contributed by atoms with Crippen LogP contribution in [0, 0.1) is 10.1 Å². The number of hydrogen-bond donors (Lipinski definition) is 0. The Hall–Kier alpha value is -2.77. The van der Waals surface area contributed by atoms with Gasteiger partial charge in [-0.15, -0.1) is 5.10 Å². The highest BCUT2D eigenvalue weighted by molar-refractivity contribution is 5.71. The first-order valence-corrected chi connectivity index (χ1v) is 4.48. The number of ether oxygens (including phenoxy) is 1. The van der Waals surface area contributed by atoms with Gasteiger partial charge in [-0.05, 0) is 12.1 Å². The molecule has 0 bridgehead atoms. The van der Waals surface area contributed by atoms with Crippen molar-refractivity contribution in [1.29, 1.82) is 0 Å². The zero-order valence-electron chi connectivity index (χ0n) is 8.39. The Kier molecular flexibility index (Phi) is 2.77. The van der Waals surface area contributed by atoms with Crippen LogP contribution >= 0.6 is 0 Å². The number of benzene rings is 1. The van der Waals surface area contributed by atoms with Gasteiger partial charge in [-0.25, -0.2) is 9.78 Å². The number of carbonyl (C=O) groups excluding carboxylic acids is 1. The van der Waals surface area contributed by atoms with Crippen LogP contribution in [0.1, 0.15) is 0 Å². The van der Waals surface area contributed by atoms with Crippen molar-refractivity contribution in [2.24, 2.45) is 0 Å². The first-order chi connectivity index (χ1) is 8.16. The molecule has 0 saturated carbocycles. The highest BCUT2D eigenvalue weighted by Crippen LogP contribution is 2.17. The fraction of sp³-hybridized carbons (Fsp3) is 0. The van der Waals surface area contributed by atoms with Crippen LogP contribution in [0.3, 0.4) is 0 Å². The molecule has 0 spiro atoms. The van der Waals surface area contributed by atoms with Crippen LogP contribution in [0.4, 0.5) is 10.5 Å². The summed E-state index contributed by atoms with van der Waals surface area (Å²) < 4.78 is 5.80. The summed E-state index contributed by atoms with van der Waals surface area (Å²) in [6, 6.07) is 5.13. The Morgan fingerprint density at radius 3 is 2.59 bits per heavy atom. The molecule has 0 unspecified atom stereocenters. The highest BCUT2D eigenvalue weighted by atomic mass is 16.6. The van der Waals surface area contributed by atoms with Crippen molar-refractivity contribution < 1.29 is 14.5 Å². The Morgan fingerprint density at radius 1 is 1.35 bits per heavy atom. The van der Waals surface area contributed by atoms with Crippen molar-refractivity contribution >= 4 is 11.8 Å². The summed E-state index contributed by atoms with van der Waals surface area (Å²) in [6.45, 7) is 0. The SMILES string of the molecule is O=C(Oc1ccc([N+](=O)[O-])cc1)n1cncn1. The average molecular weight is 234 g/mol. The predicted octanol–water partition coefficient (Wildman–Crippen LogP) is 1.23. The molecule has 17 heavy (non-hydrogen) atoms. The maximum absolute atomic E-state index is 11.4. The number of hydrogen-bond acceptors (Lipinski definition) is 6. The van der Waals surface area contributed by atoms with Crippen molar-refractivity contribution in [3.8, 4) is 5.75 Å². The minimum absolute atomic E-state index is 0.0782. The number of nitro benzene ring substituents is 1. The van der Waals surface area contributed by atoms with Crippen LogP contribution in [-0.2, 0) is 0 Å².